The quantitative estimate of drug-likeness (QED) is 0.690. The highest BCUT2D eigenvalue weighted by atomic mass is 16.2. The van der Waals surface area contributed by atoms with Crippen molar-refractivity contribution in [2.24, 2.45) is 7.05 Å². The zero-order valence-corrected chi connectivity index (χ0v) is 12.5. The molecular formula is C18H17N3O. The normalized spacial score (nSPS) is 14.1. The maximum absolute atomic E-state index is 12.9. The maximum Gasteiger partial charge on any atom is 0.258 e. The molecule has 0 fully saturated rings. The van der Waals surface area contributed by atoms with Crippen LogP contribution >= 0.6 is 0 Å². The van der Waals surface area contributed by atoms with Gasteiger partial charge in [-0.2, -0.15) is 0 Å². The van der Waals surface area contributed by atoms with Crippen molar-refractivity contribution in [3.63, 3.8) is 0 Å². The second-order valence-corrected chi connectivity index (χ2v) is 5.75. The Balaban J connectivity index is 1.74. The lowest BCUT2D eigenvalue weighted by atomic mass is 10.0. The lowest BCUT2D eigenvalue weighted by molar-refractivity contribution is 0.0985. The van der Waals surface area contributed by atoms with Crippen LogP contribution in [0.2, 0.25) is 0 Å². The smallest absolute Gasteiger partial charge is 0.258 e. The summed E-state index contributed by atoms with van der Waals surface area (Å²) in [7, 11) is 1.96. The lowest BCUT2D eigenvalue weighted by Crippen LogP contribution is -2.35. The molecule has 2 heterocycles. The monoisotopic (exact) mass is 291 g/mol. The number of benzene rings is 2. The van der Waals surface area contributed by atoms with Crippen molar-refractivity contribution in [1.82, 2.24) is 9.55 Å². The van der Waals surface area contributed by atoms with Gasteiger partial charge in [-0.1, -0.05) is 18.2 Å². The van der Waals surface area contributed by atoms with E-state index >= 15 is 0 Å². The van der Waals surface area contributed by atoms with Crippen molar-refractivity contribution in [1.29, 1.82) is 0 Å². The Morgan fingerprint density at radius 3 is 2.95 bits per heavy atom. The van der Waals surface area contributed by atoms with Gasteiger partial charge in [0.1, 0.15) is 0 Å². The Bertz CT molecular complexity index is 866. The van der Waals surface area contributed by atoms with Gasteiger partial charge in [0.25, 0.3) is 5.91 Å². The van der Waals surface area contributed by atoms with E-state index in [1.54, 1.807) is 6.33 Å². The van der Waals surface area contributed by atoms with Gasteiger partial charge in [0.2, 0.25) is 0 Å². The molecule has 0 saturated carbocycles. The van der Waals surface area contributed by atoms with E-state index in [0.717, 1.165) is 36.1 Å². The molecule has 1 aliphatic rings. The molecule has 4 nitrogen and oxygen atoms in total. The summed E-state index contributed by atoms with van der Waals surface area (Å²) in [5, 5.41) is 0. The SMILES string of the molecule is Cn1cnc2cc(C(=O)N3CCCc4ccccc43)ccc21. The third-order valence-electron chi connectivity index (χ3n) is 4.33. The molecular weight excluding hydrogens is 274 g/mol. The summed E-state index contributed by atoms with van der Waals surface area (Å²) in [5.74, 6) is 0.0553. The number of carbonyl (C=O) groups excluding carboxylic acids is 1. The highest BCUT2D eigenvalue weighted by Gasteiger charge is 2.23. The molecule has 0 atom stereocenters. The first kappa shape index (κ1) is 13.1. The summed E-state index contributed by atoms with van der Waals surface area (Å²) >= 11 is 0. The summed E-state index contributed by atoms with van der Waals surface area (Å²) < 4.78 is 1.96. The minimum atomic E-state index is 0.0553. The number of aryl methyl sites for hydroxylation is 2. The Labute approximate surface area is 129 Å². The van der Waals surface area contributed by atoms with Gasteiger partial charge in [0.15, 0.2) is 0 Å². The lowest BCUT2D eigenvalue weighted by Gasteiger charge is -2.29. The number of amides is 1. The van der Waals surface area contributed by atoms with Gasteiger partial charge in [-0.3, -0.25) is 4.79 Å². The van der Waals surface area contributed by atoms with Gasteiger partial charge >= 0.3 is 0 Å². The van der Waals surface area contributed by atoms with Gasteiger partial charge < -0.3 is 9.47 Å². The molecule has 4 rings (SSSR count). The zero-order valence-electron chi connectivity index (χ0n) is 12.5. The fraction of sp³-hybridized carbons (Fsp3) is 0.222. The molecule has 0 aliphatic carbocycles. The van der Waals surface area contributed by atoms with E-state index < -0.39 is 0 Å². The van der Waals surface area contributed by atoms with Crippen LogP contribution in [0.3, 0.4) is 0 Å². The number of fused-ring (bicyclic) bond motifs is 2. The van der Waals surface area contributed by atoms with Crippen molar-refractivity contribution in [2.75, 3.05) is 11.4 Å². The van der Waals surface area contributed by atoms with E-state index in [9.17, 15) is 4.79 Å². The molecule has 22 heavy (non-hydrogen) atoms. The largest absolute Gasteiger partial charge is 0.334 e. The van der Waals surface area contributed by atoms with Crippen molar-refractivity contribution in [3.8, 4) is 0 Å². The van der Waals surface area contributed by atoms with Gasteiger partial charge in [0.05, 0.1) is 17.4 Å². The molecule has 0 saturated heterocycles. The average molecular weight is 291 g/mol. The number of hydrogen-bond donors (Lipinski definition) is 0. The van der Waals surface area contributed by atoms with Crippen molar-refractivity contribution in [3.05, 3.63) is 59.9 Å². The van der Waals surface area contributed by atoms with Gasteiger partial charge in [-0.05, 0) is 42.7 Å². The van der Waals surface area contributed by atoms with E-state index in [0.29, 0.717) is 5.56 Å². The second kappa shape index (κ2) is 4.98. The Hall–Kier alpha value is -2.62. The third kappa shape index (κ3) is 1.99. The molecule has 1 aromatic heterocycles. The van der Waals surface area contributed by atoms with E-state index in [1.165, 1.54) is 5.56 Å². The highest BCUT2D eigenvalue weighted by molar-refractivity contribution is 6.08. The molecule has 2 aromatic carbocycles. The molecule has 0 bridgehead atoms. The predicted octanol–water partition coefficient (Wildman–Crippen LogP) is 3.17. The Morgan fingerprint density at radius 1 is 1.18 bits per heavy atom. The number of carbonyl (C=O) groups is 1. The number of anilines is 1. The van der Waals surface area contributed by atoms with Crippen LogP contribution < -0.4 is 4.90 Å². The van der Waals surface area contributed by atoms with Gasteiger partial charge in [-0.25, -0.2) is 4.98 Å². The van der Waals surface area contributed by atoms with Crippen molar-refractivity contribution < 1.29 is 4.79 Å². The second-order valence-electron chi connectivity index (χ2n) is 5.75. The van der Waals surface area contributed by atoms with Crippen LogP contribution in [0, 0.1) is 0 Å². The molecule has 4 heteroatoms. The average Bonchev–Trinajstić information content (AvgIpc) is 2.94. The van der Waals surface area contributed by atoms with Crippen LogP contribution in [0.5, 0.6) is 0 Å². The van der Waals surface area contributed by atoms with Crippen molar-refractivity contribution in [2.45, 2.75) is 12.8 Å². The van der Waals surface area contributed by atoms with Crippen LogP contribution in [-0.4, -0.2) is 22.0 Å². The third-order valence-corrected chi connectivity index (χ3v) is 4.33. The Kier molecular flexibility index (Phi) is 2.96. The van der Waals surface area contributed by atoms with Crippen LogP contribution in [0.1, 0.15) is 22.3 Å². The van der Waals surface area contributed by atoms with Crippen molar-refractivity contribution >= 4 is 22.6 Å². The molecule has 0 spiro atoms. The first-order valence-corrected chi connectivity index (χ1v) is 7.55. The van der Waals surface area contributed by atoms with Gasteiger partial charge in [0, 0.05) is 24.8 Å². The molecule has 0 N–H and O–H groups in total. The van der Waals surface area contributed by atoms with E-state index in [1.807, 2.05) is 52.9 Å². The number of aromatic nitrogens is 2. The maximum atomic E-state index is 12.9. The molecule has 0 radical (unpaired) electrons. The summed E-state index contributed by atoms with van der Waals surface area (Å²) in [6, 6.07) is 13.9. The zero-order chi connectivity index (χ0) is 15.1. The first-order valence-electron chi connectivity index (χ1n) is 7.55. The fourth-order valence-corrected chi connectivity index (χ4v) is 3.17. The minimum Gasteiger partial charge on any atom is -0.334 e. The van der Waals surface area contributed by atoms with E-state index in [-0.39, 0.29) is 5.91 Å². The van der Waals surface area contributed by atoms with E-state index in [2.05, 4.69) is 11.1 Å². The molecule has 1 aliphatic heterocycles. The summed E-state index contributed by atoms with van der Waals surface area (Å²) in [6.07, 6.45) is 3.82. The van der Waals surface area contributed by atoms with E-state index in [4.69, 9.17) is 0 Å². The van der Waals surface area contributed by atoms with Crippen LogP contribution in [0.4, 0.5) is 5.69 Å². The molecule has 110 valence electrons. The van der Waals surface area contributed by atoms with Crippen LogP contribution in [-0.2, 0) is 13.5 Å². The molecule has 3 aromatic rings. The number of imidazole rings is 1. The predicted molar refractivity (Wildman–Crippen MR) is 87.2 cm³/mol. The van der Waals surface area contributed by atoms with Crippen LogP contribution in [0.15, 0.2) is 48.8 Å². The number of nitrogens with zero attached hydrogens (tertiary/aromatic N) is 3. The Morgan fingerprint density at radius 2 is 2.05 bits per heavy atom. The van der Waals surface area contributed by atoms with Gasteiger partial charge in [-0.15, -0.1) is 0 Å². The van der Waals surface area contributed by atoms with Crippen LogP contribution in [0.25, 0.3) is 11.0 Å². The fourth-order valence-electron chi connectivity index (χ4n) is 3.17. The minimum absolute atomic E-state index is 0.0553. The molecule has 1 amide bonds. The summed E-state index contributed by atoms with van der Waals surface area (Å²) in [6.45, 7) is 0.774. The topological polar surface area (TPSA) is 38.1 Å². The number of rotatable bonds is 1. The summed E-state index contributed by atoms with van der Waals surface area (Å²) in [4.78, 5) is 19.1. The number of para-hydroxylation sites is 1. The summed E-state index contributed by atoms with van der Waals surface area (Å²) in [5.41, 5.74) is 4.89. The number of hydrogen-bond acceptors (Lipinski definition) is 2. The molecule has 0 unspecified atom stereocenters. The first-order chi connectivity index (χ1) is 10.7. The standard InChI is InChI=1S/C18H17N3O/c1-20-12-19-15-11-14(8-9-17(15)20)18(22)21-10-4-6-13-5-2-3-7-16(13)21/h2-3,5,7-9,11-12H,4,6,10H2,1H3. The highest BCUT2D eigenvalue weighted by Crippen LogP contribution is 2.28.